The summed E-state index contributed by atoms with van der Waals surface area (Å²) in [6.07, 6.45) is 3.99. The summed E-state index contributed by atoms with van der Waals surface area (Å²) in [5.41, 5.74) is 6.85. The second-order valence-electron chi connectivity index (χ2n) is 3.22. The van der Waals surface area contributed by atoms with Gasteiger partial charge in [-0.25, -0.2) is 0 Å². The highest BCUT2D eigenvalue weighted by molar-refractivity contribution is 5.25. The summed E-state index contributed by atoms with van der Waals surface area (Å²) in [4.78, 5) is 0. The van der Waals surface area contributed by atoms with Gasteiger partial charge in [0.2, 0.25) is 5.76 Å². The predicted octanol–water partition coefficient (Wildman–Crippen LogP) is 1.56. The van der Waals surface area contributed by atoms with Crippen molar-refractivity contribution in [1.82, 2.24) is 0 Å². The van der Waals surface area contributed by atoms with Gasteiger partial charge in [0.15, 0.2) is 0 Å². The number of hydrogen-bond acceptors (Lipinski definition) is 3. The van der Waals surface area contributed by atoms with Gasteiger partial charge in [0.1, 0.15) is 6.07 Å². The van der Waals surface area contributed by atoms with Gasteiger partial charge in [0, 0.05) is 11.6 Å². The van der Waals surface area contributed by atoms with Gasteiger partial charge in [0.05, 0.1) is 6.26 Å². The fourth-order valence-electron chi connectivity index (χ4n) is 1.31. The van der Waals surface area contributed by atoms with Gasteiger partial charge in [-0.15, -0.1) is 0 Å². The van der Waals surface area contributed by atoms with Crippen molar-refractivity contribution in [3.63, 3.8) is 0 Å². The van der Waals surface area contributed by atoms with Crippen LogP contribution in [0.15, 0.2) is 16.7 Å². The van der Waals surface area contributed by atoms with E-state index in [0.29, 0.717) is 11.7 Å². The highest BCUT2D eigenvalue weighted by Crippen LogP contribution is 2.39. The van der Waals surface area contributed by atoms with Gasteiger partial charge in [-0.2, -0.15) is 5.26 Å². The lowest BCUT2D eigenvalue weighted by atomic mass is 10.1. The van der Waals surface area contributed by atoms with Crippen molar-refractivity contribution in [3.8, 4) is 6.07 Å². The van der Waals surface area contributed by atoms with Crippen molar-refractivity contribution in [2.45, 2.75) is 18.9 Å². The molecule has 1 aromatic heterocycles. The van der Waals surface area contributed by atoms with Crippen molar-refractivity contribution < 1.29 is 4.42 Å². The standard InChI is InChI=1S/C9H10N2O/c10-4-8-3-7(5-12-8)9(11)6-1-2-6/h3,5-6,9H,1-2,11H2/t9-/m0/s1. The van der Waals surface area contributed by atoms with Crippen molar-refractivity contribution in [1.29, 1.82) is 5.26 Å². The predicted molar refractivity (Wildman–Crippen MR) is 43.1 cm³/mol. The fourth-order valence-corrected chi connectivity index (χ4v) is 1.31. The zero-order chi connectivity index (χ0) is 8.55. The number of hydrogen-bond donors (Lipinski definition) is 1. The topological polar surface area (TPSA) is 63.0 Å². The molecule has 1 aliphatic rings. The molecule has 1 heterocycles. The normalized spacial score (nSPS) is 18.7. The molecule has 12 heavy (non-hydrogen) atoms. The van der Waals surface area contributed by atoms with Gasteiger partial charge >= 0.3 is 0 Å². The van der Waals surface area contributed by atoms with Crippen molar-refractivity contribution >= 4 is 0 Å². The highest BCUT2D eigenvalue weighted by Gasteiger charge is 2.30. The maximum Gasteiger partial charge on any atom is 0.203 e. The molecule has 0 aliphatic heterocycles. The number of nitriles is 1. The van der Waals surface area contributed by atoms with Crippen LogP contribution in [0.4, 0.5) is 0 Å². The van der Waals surface area contributed by atoms with E-state index in [1.54, 1.807) is 12.3 Å². The van der Waals surface area contributed by atoms with Crippen LogP contribution in [0, 0.1) is 17.2 Å². The van der Waals surface area contributed by atoms with E-state index >= 15 is 0 Å². The molecular weight excluding hydrogens is 152 g/mol. The van der Waals surface area contributed by atoms with E-state index < -0.39 is 0 Å². The second kappa shape index (κ2) is 2.65. The van der Waals surface area contributed by atoms with Crippen LogP contribution < -0.4 is 5.73 Å². The largest absolute Gasteiger partial charge is 0.454 e. The first-order valence-electron chi connectivity index (χ1n) is 4.05. The summed E-state index contributed by atoms with van der Waals surface area (Å²) < 4.78 is 4.97. The number of nitrogens with two attached hydrogens (primary N) is 1. The first-order chi connectivity index (χ1) is 5.81. The third-order valence-corrected chi connectivity index (χ3v) is 2.24. The summed E-state index contributed by atoms with van der Waals surface area (Å²) >= 11 is 0. The number of nitrogens with zero attached hydrogens (tertiary/aromatic N) is 1. The molecule has 1 saturated carbocycles. The summed E-state index contributed by atoms with van der Waals surface area (Å²) in [7, 11) is 0. The minimum absolute atomic E-state index is 0.0656. The smallest absolute Gasteiger partial charge is 0.203 e. The van der Waals surface area contributed by atoms with Crippen molar-refractivity contribution in [2.75, 3.05) is 0 Å². The first kappa shape index (κ1) is 7.38. The molecule has 0 radical (unpaired) electrons. The lowest BCUT2D eigenvalue weighted by molar-refractivity contribution is 0.540. The first-order valence-corrected chi connectivity index (χ1v) is 4.05. The van der Waals surface area contributed by atoms with Gasteiger partial charge in [-0.1, -0.05) is 0 Å². The molecule has 1 fully saturated rings. The molecular formula is C9H10N2O. The van der Waals surface area contributed by atoms with E-state index in [-0.39, 0.29) is 6.04 Å². The molecule has 2 rings (SSSR count). The zero-order valence-corrected chi connectivity index (χ0v) is 6.66. The Morgan fingerprint density at radius 1 is 1.67 bits per heavy atom. The van der Waals surface area contributed by atoms with Crippen LogP contribution in [0.2, 0.25) is 0 Å². The molecule has 0 bridgehead atoms. The van der Waals surface area contributed by atoms with Gasteiger partial charge in [-0.3, -0.25) is 0 Å². The molecule has 0 saturated heterocycles. The zero-order valence-electron chi connectivity index (χ0n) is 6.66. The Bertz CT molecular complexity index is 320. The molecule has 62 valence electrons. The third-order valence-electron chi connectivity index (χ3n) is 2.24. The Morgan fingerprint density at radius 2 is 2.42 bits per heavy atom. The SMILES string of the molecule is N#Cc1cc([C@@H](N)C2CC2)co1. The molecule has 0 spiro atoms. The Morgan fingerprint density at radius 3 is 2.92 bits per heavy atom. The monoisotopic (exact) mass is 162 g/mol. The van der Waals surface area contributed by atoms with Gasteiger partial charge < -0.3 is 10.2 Å². The number of furan rings is 1. The second-order valence-corrected chi connectivity index (χ2v) is 3.22. The van der Waals surface area contributed by atoms with E-state index in [9.17, 15) is 0 Å². The van der Waals surface area contributed by atoms with Crippen LogP contribution in [0.3, 0.4) is 0 Å². The Balaban J connectivity index is 2.17. The Kier molecular flexibility index (Phi) is 1.63. The Labute approximate surface area is 70.8 Å². The maximum atomic E-state index is 8.50. The van der Waals surface area contributed by atoms with Crippen LogP contribution in [-0.4, -0.2) is 0 Å². The average Bonchev–Trinajstić information content (AvgIpc) is 2.82. The summed E-state index contributed by atoms with van der Waals surface area (Å²) in [6.45, 7) is 0. The summed E-state index contributed by atoms with van der Waals surface area (Å²) in [5, 5.41) is 8.50. The molecule has 1 aliphatic carbocycles. The van der Waals surface area contributed by atoms with Crippen LogP contribution in [0.5, 0.6) is 0 Å². The number of rotatable bonds is 2. The quantitative estimate of drug-likeness (QED) is 0.717. The molecule has 1 atom stereocenters. The van der Waals surface area contributed by atoms with E-state index in [1.807, 2.05) is 6.07 Å². The van der Waals surface area contributed by atoms with Crippen molar-refractivity contribution in [3.05, 3.63) is 23.7 Å². The highest BCUT2D eigenvalue weighted by atomic mass is 16.3. The maximum absolute atomic E-state index is 8.50. The van der Waals surface area contributed by atoms with Gasteiger partial charge in [0.25, 0.3) is 0 Å². The molecule has 3 nitrogen and oxygen atoms in total. The summed E-state index contributed by atoms with van der Waals surface area (Å²) in [6, 6.07) is 3.73. The minimum Gasteiger partial charge on any atom is -0.454 e. The van der Waals surface area contributed by atoms with Gasteiger partial charge in [-0.05, 0) is 24.8 Å². The van der Waals surface area contributed by atoms with Crippen LogP contribution in [0.1, 0.15) is 30.2 Å². The lowest BCUT2D eigenvalue weighted by Gasteiger charge is -2.04. The average molecular weight is 162 g/mol. The lowest BCUT2D eigenvalue weighted by Crippen LogP contribution is -2.10. The molecule has 1 aromatic rings. The van der Waals surface area contributed by atoms with Crippen LogP contribution in [-0.2, 0) is 0 Å². The van der Waals surface area contributed by atoms with Crippen molar-refractivity contribution in [2.24, 2.45) is 11.7 Å². The molecule has 0 unspecified atom stereocenters. The summed E-state index contributed by atoms with van der Waals surface area (Å²) in [5.74, 6) is 0.954. The molecule has 0 amide bonds. The molecule has 2 N–H and O–H groups in total. The third kappa shape index (κ3) is 1.21. The fraction of sp³-hybridized carbons (Fsp3) is 0.444. The Hall–Kier alpha value is -1.27. The van der Waals surface area contributed by atoms with E-state index in [0.717, 1.165) is 5.56 Å². The van der Waals surface area contributed by atoms with Crippen LogP contribution in [0.25, 0.3) is 0 Å². The van der Waals surface area contributed by atoms with E-state index in [2.05, 4.69) is 0 Å². The molecule has 0 aromatic carbocycles. The van der Waals surface area contributed by atoms with E-state index in [1.165, 1.54) is 12.8 Å². The van der Waals surface area contributed by atoms with E-state index in [4.69, 9.17) is 15.4 Å². The van der Waals surface area contributed by atoms with Crippen LogP contribution >= 0.6 is 0 Å². The minimum atomic E-state index is 0.0656. The molecule has 3 heteroatoms.